The summed E-state index contributed by atoms with van der Waals surface area (Å²) in [6, 6.07) is 6.14. The first-order valence-electron chi connectivity index (χ1n) is 10.4. The van der Waals surface area contributed by atoms with Gasteiger partial charge in [0.15, 0.2) is 5.78 Å². The molecule has 3 rings (SSSR count). The maximum atomic E-state index is 12.9. The molecule has 0 radical (unpaired) electrons. The summed E-state index contributed by atoms with van der Waals surface area (Å²) in [5.41, 5.74) is 1.82. The van der Waals surface area contributed by atoms with Crippen molar-refractivity contribution in [2.24, 2.45) is 5.92 Å². The van der Waals surface area contributed by atoms with Crippen LogP contribution in [0, 0.1) is 5.92 Å². The van der Waals surface area contributed by atoms with E-state index in [1.807, 2.05) is 0 Å². The number of hydrogen-bond donors (Lipinski definition) is 1. The van der Waals surface area contributed by atoms with Gasteiger partial charge in [-0.25, -0.2) is 8.42 Å². The SMILES string of the molecule is CC(=O)c1cccc(S(=O)(=O)N2CCC(C(=O)NCCC3=CCCCC3)CC2)c1. The maximum Gasteiger partial charge on any atom is 0.243 e. The summed E-state index contributed by atoms with van der Waals surface area (Å²) < 4.78 is 27.2. The highest BCUT2D eigenvalue weighted by Gasteiger charge is 2.32. The Morgan fingerprint density at radius 3 is 2.59 bits per heavy atom. The molecular formula is C22H30N2O4S. The van der Waals surface area contributed by atoms with Crippen molar-refractivity contribution in [2.45, 2.75) is 56.8 Å². The third kappa shape index (κ3) is 5.54. The van der Waals surface area contributed by atoms with Crippen molar-refractivity contribution in [1.82, 2.24) is 9.62 Å². The van der Waals surface area contributed by atoms with E-state index < -0.39 is 10.0 Å². The smallest absolute Gasteiger partial charge is 0.243 e. The summed E-state index contributed by atoms with van der Waals surface area (Å²) in [5, 5.41) is 3.02. The molecule has 1 aliphatic carbocycles. The van der Waals surface area contributed by atoms with E-state index in [-0.39, 0.29) is 22.5 Å². The molecule has 0 unspecified atom stereocenters. The molecule has 0 aromatic heterocycles. The van der Waals surface area contributed by atoms with E-state index in [2.05, 4.69) is 11.4 Å². The zero-order chi connectivity index (χ0) is 20.9. The number of carbonyl (C=O) groups is 2. The van der Waals surface area contributed by atoms with Gasteiger partial charge < -0.3 is 5.32 Å². The average Bonchev–Trinajstić information content (AvgIpc) is 2.74. The van der Waals surface area contributed by atoms with Crippen molar-refractivity contribution >= 4 is 21.7 Å². The number of rotatable bonds is 7. The number of benzene rings is 1. The van der Waals surface area contributed by atoms with Gasteiger partial charge in [0.05, 0.1) is 4.90 Å². The van der Waals surface area contributed by atoms with Crippen molar-refractivity contribution in [3.05, 3.63) is 41.5 Å². The highest BCUT2D eigenvalue weighted by Crippen LogP contribution is 2.25. The number of allylic oxidation sites excluding steroid dienone is 1. The standard InChI is InChI=1S/C22H30N2O4S/c1-17(25)20-8-5-9-21(16-20)29(27,28)24-14-11-19(12-15-24)22(26)23-13-10-18-6-3-2-4-7-18/h5-6,8-9,16,19H,2-4,7,10-15H2,1H3,(H,23,26). The fourth-order valence-electron chi connectivity index (χ4n) is 4.01. The Labute approximate surface area is 173 Å². The normalized spacial score (nSPS) is 18.9. The van der Waals surface area contributed by atoms with Gasteiger partial charge in [0, 0.05) is 31.1 Å². The lowest BCUT2D eigenvalue weighted by atomic mass is 9.96. The zero-order valence-corrected chi connectivity index (χ0v) is 17.8. The summed E-state index contributed by atoms with van der Waals surface area (Å²) in [5.74, 6) is -0.288. The van der Waals surface area contributed by atoms with Gasteiger partial charge in [-0.3, -0.25) is 9.59 Å². The number of sulfonamides is 1. The molecule has 1 fully saturated rings. The summed E-state index contributed by atoms with van der Waals surface area (Å²) in [7, 11) is -3.66. The molecule has 2 aliphatic rings. The van der Waals surface area contributed by atoms with E-state index in [0.29, 0.717) is 38.0 Å². The second-order valence-corrected chi connectivity index (χ2v) is 9.85. The van der Waals surface area contributed by atoms with E-state index in [0.717, 1.165) is 19.3 Å². The van der Waals surface area contributed by atoms with Gasteiger partial charge in [0.25, 0.3) is 0 Å². The van der Waals surface area contributed by atoms with Crippen molar-refractivity contribution in [2.75, 3.05) is 19.6 Å². The lowest BCUT2D eigenvalue weighted by Crippen LogP contribution is -2.43. The van der Waals surface area contributed by atoms with Crippen LogP contribution in [0.3, 0.4) is 0 Å². The Morgan fingerprint density at radius 1 is 1.17 bits per heavy atom. The molecule has 0 bridgehead atoms. The van der Waals surface area contributed by atoms with E-state index in [4.69, 9.17) is 0 Å². The van der Waals surface area contributed by atoms with Crippen LogP contribution in [0.2, 0.25) is 0 Å². The van der Waals surface area contributed by atoms with Gasteiger partial charge in [0.1, 0.15) is 0 Å². The lowest BCUT2D eigenvalue weighted by Gasteiger charge is -2.30. The molecule has 1 aliphatic heterocycles. The third-order valence-electron chi connectivity index (χ3n) is 5.83. The number of piperidine rings is 1. The van der Waals surface area contributed by atoms with Crippen LogP contribution in [0.25, 0.3) is 0 Å². The fraction of sp³-hybridized carbons (Fsp3) is 0.545. The van der Waals surface area contributed by atoms with Gasteiger partial charge in [-0.15, -0.1) is 0 Å². The number of nitrogens with zero attached hydrogens (tertiary/aromatic N) is 1. The molecule has 29 heavy (non-hydrogen) atoms. The zero-order valence-electron chi connectivity index (χ0n) is 17.0. The van der Waals surface area contributed by atoms with E-state index in [1.165, 1.54) is 41.8 Å². The van der Waals surface area contributed by atoms with E-state index in [1.54, 1.807) is 12.1 Å². The Bertz CT molecular complexity index is 884. The number of carbonyl (C=O) groups excluding carboxylic acids is 2. The summed E-state index contributed by atoms with van der Waals surface area (Å²) in [4.78, 5) is 24.1. The summed E-state index contributed by atoms with van der Waals surface area (Å²) >= 11 is 0. The lowest BCUT2D eigenvalue weighted by molar-refractivity contribution is -0.126. The Hall–Kier alpha value is -1.99. The molecule has 1 amide bonds. The van der Waals surface area contributed by atoms with Gasteiger partial charge in [-0.1, -0.05) is 23.8 Å². The van der Waals surface area contributed by atoms with Crippen LogP contribution in [-0.4, -0.2) is 44.0 Å². The Kier molecular flexibility index (Phi) is 7.24. The largest absolute Gasteiger partial charge is 0.356 e. The molecule has 0 spiro atoms. The number of nitrogens with one attached hydrogen (secondary N) is 1. The monoisotopic (exact) mass is 418 g/mol. The first-order chi connectivity index (χ1) is 13.9. The second-order valence-electron chi connectivity index (χ2n) is 7.91. The van der Waals surface area contributed by atoms with Crippen LogP contribution in [0.4, 0.5) is 0 Å². The minimum Gasteiger partial charge on any atom is -0.356 e. The summed E-state index contributed by atoms with van der Waals surface area (Å²) in [6.07, 6.45) is 9.01. The topological polar surface area (TPSA) is 83.6 Å². The maximum absolute atomic E-state index is 12.9. The van der Waals surface area contributed by atoms with E-state index >= 15 is 0 Å². The molecule has 158 valence electrons. The van der Waals surface area contributed by atoms with Crippen LogP contribution in [0.15, 0.2) is 40.8 Å². The van der Waals surface area contributed by atoms with Crippen molar-refractivity contribution in [3.8, 4) is 0 Å². The molecule has 1 aromatic rings. The molecule has 1 saturated heterocycles. The van der Waals surface area contributed by atoms with E-state index in [9.17, 15) is 18.0 Å². The second kappa shape index (κ2) is 9.67. The molecule has 0 atom stereocenters. The fourth-order valence-corrected chi connectivity index (χ4v) is 5.52. The summed E-state index contributed by atoms with van der Waals surface area (Å²) in [6.45, 7) is 2.70. The predicted octanol–water partition coefficient (Wildman–Crippen LogP) is 3.30. The first kappa shape index (κ1) is 21.7. The average molecular weight is 419 g/mol. The highest BCUT2D eigenvalue weighted by molar-refractivity contribution is 7.89. The van der Waals surface area contributed by atoms with Crippen molar-refractivity contribution in [3.63, 3.8) is 0 Å². The van der Waals surface area contributed by atoms with Gasteiger partial charge >= 0.3 is 0 Å². The molecule has 6 nitrogen and oxygen atoms in total. The third-order valence-corrected chi connectivity index (χ3v) is 7.73. The van der Waals surface area contributed by atoms with Crippen LogP contribution in [-0.2, 0) is 14.8 Å². The Balaban J connectivity index is 1.51. The predicted molar refractivity (Wildman–Crippen MR) is 112 cm³/mol. The van der Waals surface area contributed by atoms with Crippen LogP contribution in [0.1, 0.15) is 62.2 Å². The minimum absolute atomic E-state index is 0.0250. The van der Waals surface area contributed by atoms with Gasteiger partial charge in [-0.05, 0) is 64.0 Å². The van der Waals surface area contributed by atoms with Gasteiger partial charge in [-0.2, -0.15) is 4.31 Å². The highest BCUT2D eigenvalue weighted by atomic mass is 32.2. The molecular weight excluding hydrogens is 388 g/mol. The first-order valence-corrected chi connectivity index (χ1v) is 11.9. The number of ketones is 1. The molecule has 1 heterocycles. The van der Waals surface area contributed by atoms with Crippen LogP contribution >= 0.6 is 0 Å². The number of amides is 1. The van der Waals surface area contributed by atoms with Gasteiger partial charge in [0.2, 0.25) is 15.9 Å². The van der Waals surface area contributed by atoms with Crippen molar-refractivity contribution < 1.29 is 18.0 Å². The Morgan fingerprint density at radius 2 is 1.93 bits per heavy atom. The number of Topliss-reactive ketones (excluding diaryl/α,β-unsaturated/α-hetero) is 1. The van der Waals surface area contributed by atoms with Crippen LogP contribution < -0.4 is 5.32 Å². The minimum atomic E-state index is -3.66. The van der Waals surface area contributed by atoms with Crippen molar-refractivity contribution in [1.29, 1.82) is 0 Å². The molecule has 7 heteroatoms. The molecule has 1 N–H and O–H groups in total. The molecule has 0 saturated carbocycles. The molecule has 1 aromatic carbocycles. The van der Waals surface area contributed by atoms with Crippen LogP contribution in [0.5, 0.6) is 0 Å². The number of hydrogen-bond acceptors (Lipinski definition) is 4. The quantitative estimate of drug-likeness (QED) is 0.544.